The summed E-state index contributed by atoms with van der Waals surface area (Å²) < 4.78 is 6.17. The first kappa shape index (κ1) is 17.7. The first-order valence-corrected chi connectivity index (χ1v) is 11.6. The molecule has 6 aliphatic rings. The van der Waals surface area contributed by atoms with Crippen LogP contribution in [-0.2, 0) is 9.53 Å². The molecule has 28 heavy (non-hydrogen) atoms. The van der Waals surface area contributed by atoms with Crippen LogP contribution in [0.25, 0.3) is 0 Å². The summed E-state index contributed by atoms with van der Waals surface area (Å²) in [4.78, 5) is 12.2. The molecule has 6 rings (SSSR count). The molecule has 0 aromatic carbocycles. The molecule has 3 nitrogen and oxygen atoms in total. The molecule has 5 fully saturated rings. The first-order chi connectivity index (χ1) is 13.2. The summed E-state index contributed by atoms with van der Waals surface area (Å²) in [6.45, 7) is 9.28. The quantitative estimate of drug-likeness (QED) is 0.607. The summed E-state index contributed by atoms with van der Waals surface area (Å²) in [6, 6.07) is 0. The number of carbonyl (C=O) groups is 1. The highest BCUT2D eigenvalue weighted by molar-refractivity contribution is 5.72. The fourth-order valence-electron chi connectivity index (χ4n) is 9.10. The average molecular weight is 382 g/mol. The van der Waals surface area contributed by atoms with Crippen molar-refractivity contribution in [2.45, 2.75) is 89.2 Å². The van der Waals surface area contributed by atoms with Crippen LogP contribution in [0.2, 0.25) is 0 Å². The van der Waals surface area contributed by atoms with Crippen LogP contribution in [-0.4, -0.2) is 17.1 Å². The van der Waals surface area contributed by atoms with Crippen LogP contribution in [0, 0.1) is 34.5 Å². The largest absolute Gasteiger partial charge is 0.458 e. The van der Waals surface area contributed by atoms with E-state index in [4.69, 9.17) is 10.5 Å². The van der Waals surface area contributed by atoms with Gasteiger partial charge in [-0.1, -0.05) is 37.6 Å². The van der Waals surface area contributed by atoms with Gasteiger partial charge in [-0.3, -0.25) is 4.79 Å². The molecule has 1 aliphatic heterocycles. The Morgan fingerprint density at radius 3 is 2.68 bits per heavy atom. The molecular weight excluding hydrogens is 346 g/mol. The number of hydrogen-bond acceptors (Lipinski definition) is 3. The highest BCUT2D eigenvalue weighted by Gasteiger charge is 2.74. The van der Waals surface area contributed by atoms with E-state index in [1.165, 1.54) is 37.7 Å². The molecular formula is C25H35NO2. The van der Waals surface area contributed by atoms with E-state index in [1.807, 2.05) is 0 Å². The van der Waals surface area contributed by atoms with E-state index in [2.05, 4.69) is 26.5 Å². The summed E-state index contributed by atoms with van der Waals surface area (Å²) >= 11 is 0. The van der Waals surface area contributed by atoms with Crippen molar-refractivity contribution >= 4 is 5.97 Å². The lowest BCUT2D eigenvalue weighted by Gasteiger charge is -2.65. The van der Waals surface area contributed by atoms with Gasteiger partial charge in [0.05, 0.1) is 0 Å². The number of carbonyl (C=O) groups excluding carboxylic acids is 1. The van der Waals surface area contributed by atoms with Crippen LogP contribution in [0.5, 0.6) is 0 Å². The minimum absolute atomic E-state index is 0.0267. The van der Waals surface area contributed by atoms with E-state index in [0.29, 0.717) is 35.5 Å². The minimum Gasteiger partial charge on any atom is -0.458 e. The van der Waals surface area contributed by atoms with Gasteiger partial charge in [-0.15, -0.1) is 0 Å². The van der Waals surface area contributed by atoms with Gasteiger partial charge in [0.25, 0.3) is 0 Å². The van der Waals surface area contributed by atoms with E-state index in [-0.39, 0.29) is 22.5 Å². The fraction of sp³-hybridized carbons (Fsp3) is 0.800. The Bertz CT molecular complexity index is 815. The summed E-state index contributed by atoms with van der Waals surface area (Å²) in [5.41, 5.74) is 10.3. The number of ether oxygens (including phenoxy) is 1. The van der Waals surface area contributed by atoms with Crippen LogP contribution >= 0.6 is 0 Å². The lowest BCUT2D eigenvalue weighted by Crippen LogP contribution is -2.65. The fourth-order valence-corrected chi connectivity index (χ4v) is 9.10. The second kappa shape index (κ2) is 5.14. The number of rotatable bonds is 0. The molecule has 3 heteroatoms. The number of esters is 1. The Kier molecular flexibility index (Phi) is 3.26. The van der Waals surface area contributed by atoms with Crippen molar-refractivity contribution in [3.8, 4) is 0 Å². The third-order valence-corrected chi connectivity index (χ3v) is 10.7. The van der Waals surface area contributed by atoms with Crippen molar-refractivity contribution < 1.29 is 9.53 Å². The van der Waals surface area contributed by atoms with Crippen molar-refractivity contribution in [2.75, 3.05) is 0 Å². The normalized spacial score (nSPS) is 56.9. The topological polar surface area (TPSA) is 52.3 Å². The van der Waals surface area contributed by atoms with E-state index in [0.717, 1.165) is 25.7 Å². The SMILES string of the molecule is C=C1C=C2[C@@H]3C[C@]3(N)C3C(CCC4(C)[C@H]3CCC[C@@]43CCC(=O)O3)C2(C)CC1. The molecule has 152 valence electrons. The number of fused-ring (bicyclic) bond motifs is 9. The average Bonchev–Trinajstić information content (AvgIpc) is 3.20. The third-order valence-electron chi connectivity index (χ3n) is 10.7. The van der Waals surface area contributed by atoms with Crippen molar-refractivity contribution in [1.29, 1.82) is 0 Å². The molecule has 0 aromatic heterocycles. The maximum absolute atomic E-state index is 12.2. The molecule has 5 aliphatic carbocycles. The number of allylic oxidation sites excluding steroid dienone is 2. The molecule has 0 radical (unpaired) electrons. The maximum Gasteiger partial charge on any atom is 0.306 e. The maximum atomic E-state index is 12.2. The van der Waals surface area contributed by atoms with Gasteiger partial charge in [0.15, 0.2) is 0 Å². The van der Waals surface area contributed by atoms with Gasteiger partial charge in [-0.2, -0.15) is 0 Å². The van der Waals surface area contributed by atoms with Crippen LogP contribution in [0.15, 0.2) is 23.8 Å². The minimum atomic E-state index is -0.212. The third kappa shape index (κ3) is 1.89. The zero-order chi connectivity index (χ0) is 19.5. The smallest absolute Gasteiger partial charge is 0.306 e. The van der Waals surface area contributed by atoms with E-state index < -0.39 is 0 Å². The van der Waals surface area contributed by atoms with Gasteiger partial charge in [0.1, 0.15) is 5.60 Å². The number of hydrogen-bond donors (Lipinski definition) is 1. The monoisotopic (exact) mass is 381 g/mol. The Morgan fingerprint density at radius 1 is 1.11 bits per heavy atom. The molecule has 4 unspecified atom stereocenters. The van der Waals surface area contributed by atoms with Gasteiger partial charge in [-0.25, -0.2) is 0 Å². The highest BCUT2D eigenvalue weighted by Crippen LogP contribution is 2.75. The van der Waals surface area contributed by atoms with Gasteiger partial charge in [0, 0.05) is 23.3 Å². The Balaban J connectivity index is 1.45. The van der Waals surface area contributed by atoms with E-state index >= 15 is 0 Å². The standard InChI is InChI=1S/C25H35NO2/c1-15-6-10-22(2)16-7-11-23(3)17(5-4-9-24(23)12-8-20(27)28-24)21(16)25(26)14-19(25)18(22)13-15/h13,16-17,19,21H,1,4-12,14,26H2,2-3H3/t16?,17-,19-,21?,22?,23?,24+,25+/m0/s1. The van der Waals surface area contributed by atoms with Crippen LogP contribution < -0.4 is 5.73 Å². The summed E-state index contributed by atoms with van der Waals surface area (Å²) in [5.74, 6) is 2.45. The van der Waals surface area contributed by atoms with Crippen molar-refractivity contribution in [2.24, 2.45) is 40.2 Å². The van der Waals surface area contributed by atoms with Crippen molar-refractivity contribution in [1.82, 2.24) is 0 Å². The van der Waals surface area contributed by atoms with E-state index in [9.17, 15) is 4.79 Å². The van der Waals surface area contributed by atoms with Gasteiger partial charge in [-0.05, 0) is 81.0 Å². The van der Waals surface area contributed by atoms with Gasteiger partial charge < -0.3 is 10.5 Å². The Labute approximate surface area is 169 Å². The van der Waals surface area contributed by atoms with Gasteiger partial charge in [0.2, 0.25) is 0 Å². The molecule has 1 heterocycles. The second-order valence-corrected chi connectivity index (χ2v) is 11.6. The molecule has 2 N–H and O–H groups in total. The van der Waals surface area contributed by atoms with Gasteiger partial charge >= 0.3 is 5.97 Å². The van der Waals surface area contributed by atoms with Crippen LogP contribution in [0.1, 0.15) is 78.1 Å². The summed E-state index contributed by atoms with van der Waals surface area (Å²) in [6.07, 6.45) is 13.4. The highest BCUT2D eigenvalue weighted by atomic mass is 16.6. The lowest BCUT2D eigenvalue weighted by atomic mass is 9.41. The number of nitrogens with two attached hydrogens (primary N) is 1. The summed E-state index contributed by atoms with van der Waals surface area (Å²) in [5, 5.41) is 0. The molecule has 1 saturated heterocycles. The molecule has 0 amide bonds. The molecule has 1 spiro atoms. The predicted octanol–water partition coefficient (Wildman–Crippen LogP) is 4.91. The van der Waals surface area contributed by atoms with Crippen molar-refractivity contribution in [3.63, 3.8) is 0 Å². The predicted molar refractivity (Wildman–Crippen MR) is 109 cm³/mol. The Hall–Kier alpha value is -1.09. The molecule has 4 saturated carbocycles. The second-order valence-electron chi connectivity index (χ2n) is 11.6. The van der Waals surface area contributed by atoms with Crippen molar-refractivity contribution in [3.05, 3.63) is 23.8 Å². The molecule has 0 aromatic rings. The zero-order valence-corrected chi connectivity index (χ0v) is 17.6. The Morgan fingerprint density at radius 2 is 1.93 bits per heavy atom. The van der Waals surface area contributed by atoms with E-state index in [1.54, 1.807) is 5.57 Å². The first-order valence-electron chi connectivity index (χ1n) is 11.6. The zero-order valence-electron chi connectivity index (χ0n) is 17.6. The summed E-state index contributed by atoms with van der Waals surface area (Å²) in [7, 11) is 0. The lowest BCUT2D eigenvalue weighted by molar-refractivity contribution is -0.203. The molecule has 0 bridgehead atoms. The molecule has 8 atom stereocenters. The van der Waals surface area contributed by atoms with Crippen LogP contribution in [0.3, 0.4) is 0 Å². The van der Waals surface area contributed by atoms with Crippen LogP contribution in [0.4, 0.5) is 0 Å².